The first-order chi connectivity index (χ1) is 16.0. The summed E-state index contributed by atoms with van der Waals surface area (Å²) in [4.78, 5) is 15.4. The van der Waals surface area contributed by atoms with Gasteiger partial charge in [0.25, 0.3) is 0 Å². The molecule has 0 saturated heterocycles. The predicted molar refractivity (Wildman–Crippen MR) is 108 cm³/mol. The summed E-state index contributed by atoms with van der Waals surface area (Å²) in [7, 11) is 0. The van der Waals surface area contributed by atoms with E-state index in [1.54, 1.807) is 6.19 Å². The van der Waals surface area contributed by atoms with Crippen LogP contribution >= 0.6 is 0 Å². The maximum atomic E-state index is 13.2. The molecule has 1 aromatic heterocycles. The van der Waals surface area contributed by atoms with Gasteiger partial charge >= 0.3 is 12.4 Å². The maximum absolute atomic E-state index is 13.2. The smallest absolute Gasteiger partial charge is 0.241 e. The van der Waals surface area contributed by atoms with Gasteiger partial charge in [-0.2, -0.15) is 43.2 Å². The van der Waals surface area contributed by atoms with Crippen LogP contribution in [0, 0.1) is 18.0 Å². The van der Waals surface area contributed by atoms with E-state index < -0.39 is 23.5 Å². The number of halogens is 6. The summed E-state index contributed by atoms with van der Waals surface area (Å²) in [6, 6.07) is 5.67. The number of hydrogen-bond acceptors (Lipinski definition) is 5. The molecule has 6 nitrogen and oxygen atoms in total. The normalized spacial score (nSPS) is 13.9. The monoisotopic (exact) mass is 468 g/mol. The molecule has 5 rings (SSSR count). The quantitative estimate of drug-likeness (QED) is 0.137. The fourth-order valence-corrected chi connectivity index (χ4v) is 3.96. The van der Waals surface area contributed by atoms with Gasteiger partial charge in [0, 0.05) is 21.5 Å². The number of benzene rings is 2. The van der Waals surface area contributed by atoms with E-state index in [-0.39, 0.29) is 54.3 Å². The molecule has 0 radical (unpaired) electrons. The highest BCUT2D eigenvalue weighted by atomic mass is 19.4. The minimum Gasteiger partial charge on any atom is -0.241 e. The first kappa shape index (κ1) is 21.3. The van der Waals surface area contributed by atoms with Gasteiger partial charge in [-0.25, -0.2) is 9.97 Å². The van der Waals surface area contributed by atoms with Crippen LogP contribution in [0.3, 0.4) is 0 Å². The van der Waals surface area contributed by atoms with E-state index in [2.05, 4.69) is 25.0 Å². The Bertz CT molecular complexity index is 1720. The number of fused-ring (bicyclic) bond motifs is 6. The summed E-state index contributed by atoms with van der Waals surface area (Å²) in [5, 5.41) is 12.9. The molecule has 0 unspecified atom stereocenters. The van der Waals surface area contributed by atoms with E-state index >= 15 is 0 Å². The van der Waals surface area contributed by atoms with Crippen molar-refractivity contribution in [2.24, 2.45) is 10.1 Å². The van der Waals surface area contributed by atoms with Crippen LogP contribution in [0.25, 0.3) is 48.6 Å². The SMILES string of the molecule is [C-]#[N+]/N=c1/c2cc(C(F)(F)F)ccc2c2nc3c(=NC#N)c4cc(C(F)(F)F)ccc4c3nc12. The van der Waals surface area contributed by atoms with Crippen molar-refractivity contribution in [3.05, 3.63) is 69.8 Å². The Kier molecular flexibility index (Phi) is 4.35. The fourth-order valence-electron chi connectivity index (χ4n) is 3.96. The molecule has 0 amide bonds. The molecule has 0 aliphatic rings. The van der Waals surface area contributed by atoms with E-state index in [1.165, 1.54) is 0 Å². The molecule has 0 aliphatic carbocycles. The molecule has 12 heteroatoms. The van der Waals surface area contributed by atoms with E-state index in [9.17, 15) is 26.3 Å². The largest absolute Gasteiger partial charge is 0.416 e. The number of hydrogen-bond donors (Lipinski definition) is 0. The van der Waals surface area contributed by atoms with Crippen LogP contribution in [-0.4, -0.2) is 9.97 Å². The summed E-state index contributed by atoms with van der Waals surface area (Å²) >= 11 is 0. The lowest BCUT2D eigenvalue weighted by molar-refractivity contribution is -0.138. The summed E-state index contributed by atoms with van der Waals surface area (Å²) in [6.07, 6.45) is -7.75. The van der Waals surface area contributed by atoms with Gasteiger partial charge in [-0.3, -0.25) is 0 Å². The standard InChI is InChI=1S/C22H6F6N6/c1-30-34-18-14-7-10(22(26,27)28)3-5-12(14)17-20(18)33-16-11-4-2-9(21(23,24)25)6-13(11)15(31-8-29)19(16)32-17/h2-7H/b31-15?,34-18-. The Labute approximate surface area is 184 Å². The van der Waals surface area contributed by atoms with Gasteiger partial charge in [0.2, 0.25) is 6.19 Å². The van der Waals surface area contributed by atoms with Crippen molar-refractivity contribution in [2.45, 2.75) is 12.4 Å². The van der Waals surface area contributed by atoms with Crippen molar-refractivity contribution >= 4 is 43.6 Å². The topological polar surface area (TPSA) is 78.6 Å². The average Bonchev–Trinajstić information content (AvgIpc) is 3.24. The summed E-state index contributed by atoms with van der Waals surface area (Å²) in [6.45, 7) is 7.07. The predicted octanol–water partition coefficient (Wildman–Crippen LogP) is 5.12. The van der Waals surface area contributed by atoms with Crippen LogP contribution < -0.4 is 10.7 Å². The molecule has 4 aromatic carbocycles. The molecule has 0 atom stereocenters. The first-order valence-electron chi connectivity index (χ1n) is 9.32. The molecule has 0 bridgehead atoms. The molecular formula is C22H6F6N6. The number of alkyl halides is 6. The van der Waals surface area contributed by atoms with Gasteiger partial charge < -0.3 is 0 Å². The van der Waals surface area contributed by atoms with Crippen LogP contribution in [-0.2, 0) is 12.4 Å². The summed E-state index contributed by atoms with van der Waals surface area (Å²) < 4.78 is 79.5. The highest BCUT2D eigenvalue weighted by Crippen LogP contribution is 2.35. The lowest BCUT2D eigenvalue weighted by Crippen LogP contribution is -2.06. The Morgan fingerprint density at radius 2 is 1.21 bits per heavy atom. The van der Waals surface area contributed by atoms with Crippen LogP contribution in [0.5, 0.6) is 0 Å². The molecule has 5 aromatic rings. The molecule has 34 heavy (non-hydrogen) atoms. The Morgan fingerprint density at radius 1 is 0.735 bits per heavy atom. The van der Waals surface area contributed by atoms with Crippen LogP contribution in [0.2, 0.25) is 0 Å². The van der Waals surface area contributed by atoms with Crippen molar-refractivity contribution in [1.82, 2.24) is 9.97 Å². The molecular weight excluding hydrogens is 462 g/mol. The first-order valence-corrected chi connectivity index (χ1v) is 9.32. The van der Waals surface area contributed by atoms with Crippen LogP contribution in [0.4, 0.5) is 26.3 Å². The van der Waals surface area contributed by atoms with E-state index in [4.69, 9.17) is 11.8 Å². The second-order valence-electron chi connectivity index (χ2n) is 7.24. The Morgan fingerprint density at radius 3 is 1.65 bits per heavy atom. The van der Waals surface area contributed by atoms with Crippen molar-refractivity contribution in [1.29, 1.82) is 5.26 Å². The Hall–Kier alpha value is -4.58. The zero-order valence-corrected chi connectivity index (χ0v) is 16.4. The van der Waals surface area contributed by atoms with Crippen LogP contribution in [0.15, 0.2) is 46.5 Å². The van der Waals surface area contributed by atoms with E-state index in [0.29, 0.717) is 0 Å². The molecule has 1 heterocycles. The third kappa shape index (κ3) is 3.03. The van der Waals surface area contributed by atoms with E-state index in [1.807, 2.05) is 0 Å². The number of rotatable bonds is 0. The van der Waals surface area contributed by atoms with Gasteiger partial charge in [0.1, 0.15) is 16.4 Å². The molecule has 0 N–H and O–H groups in total. The van der Waals surface area contributed by atoms with Gasteiger partial charge in [-0.1, -0.05) is 12.1 Å². The zero-order chi connectivity index (χ0) is 24.4. The lowest BCUT2D eigenvalue weighted by Gasteiger charge is -2.05. The van der Waals surface area contributed by atoms with Crippen molar-refractivity contribution < 1.29 is 26.3 Å². The van der Waals surface area contributed by atoms with Gasteiger partial charge in [-0.15, -0.1) is 4.95 Å². The summed E-state index contributed by atoms with van der Waals surface area (Å²) in [5.41, 5.74) is -1.74. The lowest BCUT2D eigenvalue weighted by atomic mass is 10.1. The second-order valence-corrected chi connectivity index (χ2v) is 7.24. The minimum absolute atomic E-state index is 0.00378. The van der Waals surface area contributed by atoms with Gasteiger partial charge in [0.05, 0.1) is 27.3 Å². The van der Waals surface area contributed by atoms with Gasteiger partial charge in [-0.05, 0) is 24.3 Å². The van der Waals surface area contributed by atoms with Crippen molar-refractivity contribution in [2.75, 3.05) is 0 Å². The zero-order valence-electron chi connectivity index (χ0n) is 16.4. The summed E-state index contributed by atoms with van der Waals surface area (Å²) in [5.74, 6) is 0. The minimum atomic E-state index is -4.64. The van der Waals surface area contributed by atoms with Crippen molar-refractivity contribution in [3.8, 4) is 6.19 Å². The number of nitriles is 1. The van der Waals surface area contributed by atoms with Crippen molar-refractivity contribution in [3.63, 3.8) is 0 Å². The van der Waals surface area contributed by atoms with Gasteiger partial charge in [0.15, 0.2) is 5.36 Å². The Balaban J connectivity index is 1.99. The second kappa shape index (κ2) is 6.96. The molecule has 0 aliphatic heterocycles. The molecule has 166 valence electrons. The number of nitrogens with zero attached hydrogens (tertiary/aromatic N) is 6. The molecule has 0 fully saturated rings. The molecule has 0 spiro atoms. The maximum Gasteiger partial charge on any atom is 0.416 e. The fraction of sp³-hybridized carbons (Fsp3) is 0.0909. The van der Waals surface area contributed by atoms with Crippen LogP contribution in [0.1, 0.15) is 11.1 Å². The highest BCUT2D eigenvalue weighted by molar-refractivity contribution is 6.14. The average molecular weight is 468 g/mol. The third-order valence-corrected chi connectivity index (χ3v) is 5.37. The highest BCUT2D eigenvalue weighted by Gasteiger charge is 2.32. The number of aromatic nitrogens is 2. The third-order valence-electron chi connectivity index (χ3n) is 5.37. The van der Waals surface area contributed by atoms with E-state index in [0.717, 1.165) is 36.4 Å². The molecule has 0 saturated carbocycles.